The molecule has 92 valence electrons. The maximum absolute atomic E-state index is 12.0. The van der Waals surface area contributed by atoms with Crippen molar-refractivity contribution >= 4 is 22.2 Å². The highest BCUT2D eigenvalue weighted by molar-refractivity contribution is 7.17. The number of nitrogens with zero attached hydrogens (tertiary/aromatic N) is 2. The Kier molecular flexibility index (Phi) is 3.39. The van der Waals surface area contributed by atoms with Gasteiger partial charge >= 0.3 is 5.00 Å². The molecule has 1 unspecified atom stereocenters. The zero-order valence-corrected chi connectivity index (χ0v) is 9.85. The van der Waals surface area contributed by atoms with Crippen molar-refractivity contribution in [3.05, 3.63) is 27.1 Å². The molecule has 0 aliphatic carbocycles. The largest absolute Gasteiger partial charge is 0.391 e. The molecule has 1 fully saturated rings. The molecule has 1 aromatic heterocycles. The lowest BCUT2D eigenvalue weighted by Gasteiger charge is -2.29. The number of rotatable bonds is 2. The average Bonchev–Trinajstić information content (AvgIpc) is 2.77. The van der Waals surface area contributed by atoms with E-state index in [0.29, 0.717) is 24.4 Å². The number of carbonyl (C=O) groups is 1. The first-order valence-electron chi connectivity index (χ1n) is 5.29. The number of β-amino-alcohol motifs (C(OH)–C–C–N with tert-alkyl or cyclic N) is 1. The molecule has 0 spiro atoms. The van der Waals surface area contributed by atoms with E-state index in [1.807, 2.05) is 0 Å². The van der Waals surface area contributed by atoms with Gasteiger partial charge in [0.2, 0.25) is 0 Å². The third kappa shape index (κ3) is 2.62. The minimum Gasteiger partial charge on any atom is -0.391 e. The van der Waals surface area contributed by atoms with Crippen LogP contribution in [0.4, 0.5) is 5.00 Å². The van der Waals surface area contributed by atoms with E-state index in [2.05, 4.69) is 0 Å². The summed E-state index contributed by atoms with van der Waals surface area (Å²) in [5.41, 5.74) is 0. The normalized spacial score (nSPS) is 20.3. The SMILES string of the molecule is O=C(c1ccc([N+](=O)[O-])s1)N1CCCC(O)C1. The zero-order chi connectivity index (χ0) is 12.4. The van der Waals surface area contributed by atoms with Gasteiger partial charge in [-0.15, -0.1) is 0 Å². The Morgan fingerprint density at radius 1 is 1.59 bits per heavy atom. The highest BCUT2D eigenvalue weighted by atomic mass is 32.1. The Morgan fingerprint density at radius 3 is 2.94 bits per heavy atom. The van der Waals surface area contributed by atoms with Gasteiger partial charge in [-0.2, -0.15) is 0 Å². The van der Waals surface area contributed by atoms with Crippen molar-refractivity contribution in [2.75, 3.05) is 13.1 Å². The van der Waals surface area contributed by atoms with Gasteiger partial charge in [-0.25, -0.2) is 0 Å². The standard InChI is InChI=1S/C10H12N2O4S/c13-7-2-1-5-11(6-7)10(14)8-3-4-9(17-8)12(15)16/h3-4,7,13H,1-2,5-6H2. The Hall–Kier alpha value is -1.47. The van der Waals surface area contributed by atoms with Crippen molar-refractivity contribution in [2.45, 2.75) is 18.9 Å². The molecule has 1 aliphatic heterocycles. The summed E-state index contributed by atoms with van der Waals surface area (Å²) >= 11 is 0.872. The Bertz CT molecular complexity index is 445. The number of aliphatic hydroxyl groups is 1. The fraction of sp³-hybridized carbons (Fsp3) is 0.500. The maximum atomic E-state index is 12.0. The van der Waals surface area contributed by atoms with E-state index >= 15 is 0 Å². The molecule has 0 aromatic carbocycles. The van der Waals surface area contributed by atoms with Crippen molar-refractivity contribution < 1.29 is 14.8 Å². The van der Waals surface area contributed by atoms with Gasteiger partial charge in [-0.3, -0.25) is 14.9 Å². The third-order valence-electron chi connectivity index (χ3n) is 2.67. The van der Waals surface area contributed by atoms with E-state index in [-0.39, 0.29) is 10.9 Å². The second-order valence-electron chi connectivity index (χ2n) is 3.94. The van der Waals surface area contributed by atoms with E-state index in [4.69, 9.17) is 0 Å². The highest BCUT2D eigenvalue weighted by Crippen LogP contribution is 2.26. The molecule has 2 heterocycles. The number of likely N-dealkylation sites (tertiary alicyclic amines) is 1. The van der Waals surface area contributed by atoms with Crippen LogP contribution in [0.5, 0.6) is 0 Å². The number of hydrogen-bond acceptors (Lipinski definition) is 5. The lowest BCUT2D eigenvalue weighted by molar-refractivity contribution is -0.380. The van der Waals surface area contributed by atoms with Gasteiger partial charge in [0.05, 0.1) is 15.9 Å². The molecular formula is C10H12N2O4S. The van der Waals surface area contributed by atoms with Crippen LogP contribution in [0, 0.1) is 10.1 Å². The molecule has 17 heavy (non-hydrogen) atoms. The molecule has 0 radical (unpaired) electrons. The average molecular weight is 256 g/mol. The molecule has 1 aliphatic rings. The van der Waals surface area contributed by atoms with Crippen molar-refractivity contribution in [1.29, 1.82) is 0 Å². The quantitative estimate of drug-likeness (QED) is 0.637. The predicted octanol–water partition coefficient (Wildman–Crippen LogP) is 1.25. The van der Waals surface area contributed by atoms with Crippen molar-refractivity contribution in [2.24, 2.45) is 0 Å². The Morgan fingerprint density at radius 2 is 2.35 bits per heavy atom. The number of amides is 1. The van der Waals surface area contributed by atoms with E-state index in [1.165, 1.54) is 12.1 Å². The van der Waals surface area contributed by atoms with E-state index in [1.54, 1.807) is 4.90 Å². The number of carbonyl (C=O) groups excluding carboxylic acids is 1. The first kappa shape index (κ1) is 12.0. The summed E-state index contributed by atoms with van der Waals surface area (Å²) in [6, 6.07) is 2.80. The second-order valence-corrected chi connectivity index (χ2v) is 5.00. The van der Waals surface area contributed by atoms with Gasteiger partial charge in [0.25, 0.3) is 5.91 Å². The van der Waals surface area contributed by atoms with Crippen LogP contribution in [-0.2, 0) is 0 Å². The minimum absolute atomic E-state index is 0.0362. The van der Waals surface area contributed by atoms with Gasteiger partial charge in [0.15, 0.2) is 0 Å². The molecule has 1 N–H and O–H groups in total. The predicted molar refractivity (Wildman–Crippen MR) is 62.1 cm³/mol. The molecule has 1 aromatic rings. The number of nitro groups is 1. The molecule has 0 saturated carbocycles. The van der Waals surface area contributed by atoms with Crippen LogP contribution in [0.2, 0.25) is 0 Å². The Labute approximate surface area is 102 Å². The van der Waals surface area contributed by atoms with Gasteiger partial charge in [-0.05, 0) is 18.9 Å². The van der Waals surface area contributed by atoms with Crippen molar-refractivity contribution in [3.8, 4) is 0 Å². The third-order valence-corrected chi connectivity index (χ3v) is 3.69. The van der Waals surface area contributed by atoms with Gasteiger partial charge in [0, 0.05) is 19.2 Å². The number of piperidine rings is 1. The first-order chi connectivity index (χ1) is 8.08. The minimum atomic E-state index is -0.507. The summed E-state index contributed by atoms with van der Waals surface area (Å²) in [5.74, 6) is -0.234. The number of aliphatic hydroxyl groups excluding tert-OH is 1. The van der Waals surface area contributed by atoms with Crippen molar-refractivity contribution in [3.63, 3.8) is 0 Å². The summed E-state index contributed by atoms with van der Waals surface area (Å²) in [5, 5.41) is 20.0. The monoisotopic (exact) mass is 256 g/mol. The van der Waals surface area contributed by atoms with E-state index < -0.39 is 11.0 Å². The molecule has 1 amide bonds. The van der Waals surface area contributed by atoms with Crippen LogP contribution in [-0.4, -0.2) is 40.0 Å². The number of thiophene rings is 1. The Balaban J connectivity index is 2.10. The molecule has 7 heteroatoms. The van der Waals surface area contributed by atoms with Gasteiger partial charge < -0.3 is 10.0 Å². The van der Waals surface area contributed by atoms with Crippen LogP contribution in [0.3, 0.4) is 0 Å². The fourth-order valence-corrected chi connectivity index (χ4v) is 2.62. The molecule has 1 atom stereocenters. The van der Waals surface area contributed by atoms with Crippen LogP contribution in [0.1, 0.15) is 22.5 Å². The van der Waals surface area contributed by atoms with Crippen LogP contribution >= 0.6 is 11.3 Å². The molecular weight excluding hydrogens is 244 g/mol. The second kappa shape index (κ2) is 4.80. The van der Waals surface area contributed by atoms with Crippen LogP contribution in [0.15, 0.2) is 12.1 Å². The van der Waals surface area contributed by atoms with Gasteiger partial charge in [0.1, 0.15) is 0 Å². The zero-order valence-electron chi connectivity index (χ0n) is 9.04. The summed E-state index contributed by atoms with van der Waals surface area (Å²) in [6.07, 6.45) is 0.983. The van der Waals surface area contributed by atoms with Crippen LogP contribution in [0.25, 0.3) is 0 Å². The van der Waals surface area contributed by atoms with Crippen LogP contribution < -0.4 is 0 Å². The molecule has 6 nitrogen and oxygen atoms in total. The fourth-order valence-electron chi connectivity index (χ4n) is 1.84. The summed E-state index contributed by atoms with van der Waals surface area (Å²) < 4.78 is 0. The maximum Gasteiger partial charge on any atom is 0.324 e. The van der Waals surface area contributed by atoms with E-state index in [0.717, 1.165) is 17.8 Å². The topological polar surface area (TPSA) is 83.7 Å². The molecule has 1 saturated heterocycles. The molecule has 0 bridgehead atoms. The van der Waals surface area contributed by atoms with E-state index in [9.17, 15) is 20.0 Å². The smallest absolute Gasteiger partial charge is 0.324 e. The molecule has 2 rings (SSSR count). The lowest BCUT2D eigenvalue weighted by Crippen LogP contribution is -2.41. The van der Waals surface area contributed by atoms with Gasteiger partial charge in [-0.1, -0.05) is 11.3 Å². The highest BCUT2D eigenvalue weighted by Gasteiger charge is 2.25. The summed E-state index contributed by atoms with van der Waals surface area (Å²) in [6.45, 7) is 0.909. The lowest BCUT2D eigenvalue weighted by atomic mass is 10.1. The van der Waals surface area contributed by atoms with Crippen molar-refractivity contribution in [1.82, 2.24) is 4.90 Å². The number of hydrogen-bond donors (Lipinski definition) is 1. The first-order valence-corrected chi connectivity index (χ1v) is 6.11. The summed E-state index contributed by atoms with van der Waals surface area (Å²) in [7, 11) is 0. The summed E-state index contributed by atoms with van der Waals surface area (Å²) in [4.78, 5) is 23.9.